The summed E-state index contributed by atoms with van der Waals surface area (Å²) in [6.45, 7) is 3.56. The Kier molecular flexibility index (Phi) is 3.05. The predicted molar refractivity (Wildman–Crippen MR) is 45.6 cm³/mol. The van der Waals surface area contributed by atoms with Gasteiger partial charge in [0.15, 0.2) is 0 Å². The number of rotatable bonds is 3. The number of nitrogens with two attached hydrogens (primary N) is 1. The lowest BCUT2D eigenvalue weighted by atomic mass is 10.3. The van der Waals surface area contributed by atoms with Gasteiger partial charge in [-0.1, -0.05) is 0 Å². The van der Waals surface area contributed by atoms with Gasteiger partial charge in [0.2, 0.25) is 5.91 Å². The molecular formula is C8H16N2O2. The van der Waals surface area contributed by atoms with Crippen LogP contribution in [0, 0.1) is 0 Å². The highest BCUT2D eigenvalue weighted by Crippen LogP contribution is 2.14. The van der Waals surface area contributed by atoms with E-state index in [-0.39, 0.29) is 18.1 Å². The summed E-state index contributed by atoms with van der Waals surface area (Å²) < 4.78 is 5.18. The van der Waals surface area contributed by atoms with Crippen LogP contribution in [-0.2, 0) is 9.53 Å². The predicted octanol–water partition coefficient (Wildman–Crippen LogP) is -0.419. The topological polar surface area (TPSA) is 55.6 Å². The van der Waals surface area contributed by atoms with Crippen molar-refractivity contribution in [3.05, 3.63) is 0 Å². The lowest BCUT2D eigenvalue weighted by molar-refractivity contribution is -0.122. The molecule has 0 aliphatic carbocycles. The van der Waals surface area contributed by atoms with Crippen molar-refractivity contribution >= 4 is 5.91 Å². The third-order valence-electron chi connectivity index (χ3n) is 2.47. The molecule has 0 saturated carbocycles. The summed E-state index contributed by atoms with van der Waals surface area (Å²) in [5.41, 5.74) is 5.18. The van der Waals surface area contributed by atoms with Crippen molar-refractivity contribution in [1.29, 1.82) is 0 Å². The van der Waals surface area contributed by atoms with E-state index in [9.17, 15) is 4.79 Å². The van der Waals surface area contributed by atoms with Crippen molar-refractivity contribution in [3.8, 4) is 0 Å². The van der Waals surface area contributed by atoms with Gasteiger partial charge in [-0.3, -0.25) is 9.69 Å². The van der Waals surface area contributed by atoms with Gasteiger partial charge in [0, 0.05) is 20.2 Å². The summed E-state index contributed by atoms with van der Waals surface area (Å²) in [5.74, 6) is -0.258. The Balaban J connectivity index is 2.41. The van der Waals surface area contributed by atoms with Crippen LogP contribution >= 0.6 is 0 Å². The number of carbonyl (C=O) groups excluding carboxylic acids is 1. The van der Waals surface area contributed by atoms with Crippen LogP contribution < -0.4 is 5.73 Å². The van der Waals surface area contributed by atoms with Gasteiger partial charge in [-0.2, -0.15) is 0 Å². The minimum Gasteiger partial charge on any atom is -0.380 e. The van der Waals surface area contributed by atoms with Crippen molar-refractivity contribution in [2.45, 2.75) is 25.5 Å². The van der Waals surface area contributed by atoms with E-state index in [1.54, 1.807) is 7.11 Å². The van der Waals surface area contributed by atoms with Crippen LogP contribution in [0.3, 0.4) is 0 Å². The number of carbonyl (C=O) groups is 1. The van der Waals surface area contributed by atoms with E-state index in [1.165, 1.54) is 0 Å². The summed E-state index contributed by atoms with van der Waals surface area (Å²) in [4.78, 5) is 12.9. The number of likely N-dealkylation sites (tertiary alicyclic amines) is 1. The van der Waals surface area contributed by atoms with Gasteiger partial charge in [0.05, 0.1) is 12.1 Å². The molecule has 0 aromatic heterocycles. The number of methoxy groups -OCH3 is 1. The number of hydrogen-bond donors (Lipinski definition) is 1. The van der Waals surface area contributed by atoms with E-state index in [0.717, 1.165) is 19.5 Å². The van der Waals surface area contributed by atoms with Gasteiger partial charge in [-0.05, 0) is 13.3 Å². The van der Waals surface area contributed by atoms with Crippen molar-refractivity contribution in [3.63, 3.8) is 0 Å². The molecule has 12 heavy (non-hydrogen) atoms. The van der Waals surface area contributed by atoms with Crippen LogP contribution in [0.4, 0.5) is 0 Å². The molecule has 1 heterocycles. The molecule has 4 nitrogen and oxygen atoms in total. The zero-order valence-electron chi connectivity index (χ0n) is 7.62. The van der Waals surface area contributed by atoms with E-state index in [4.69, 9.17) is 10.5 Å². The van der Waals surface area contributed by atoms with E-state index in [1.807, 2.05) is 6.92 Å². The number of nitrogens with zero attached hydrogens (tertiary/aromatic N) is 1. The summed E-state index contributed by atoms with van der Waals surface area (Å²) in [5, 5.41) is 0. The van der Waals surface area contributed by atoms with Crippen LogP contribution in [0.1, 0.15) is 13.3 Å². The van der Waals surface area contributed by atoms with Crippen molar-refractivity contribution < 1.29 is 9.53 Å². The van der Waals surface area contributed by atoms with Gasteiger partial charge in [0.1, 0.15) is 0 Å². The molecule has 1 saturated heterocycles. The molecule has 0 radical (unpaired) electrons. The standard InChI is InChI=1S/C8H16N2O2/c1-6(8(9)11)10-4-3-7(5-10)12-2/h6-7H,3-5H2,1-2H3,(H2,9,11)/t6?,7-/m1/s1. The maximum absolute atomic E-state index is 10.8. The Hall–Kier alpha value is -0.610. The van der Waals surface area contributed by atoms with Crippen LogP contribution in [0.5, 0.6) is 0 Å². The molecule has 2 atom stereocenters. The van der Waals surface area contributed by atoms with Crippen LogP contribution in [-0.4, -0.2) is 43.2 Å². The molecule has 1 aliphatic rings. The second-order valence-corrected chi connectivity index (χ2v) is 3.22. The monoisotopic (exact) mass is 172 g/mol. The molecule has 2 N–H and O–H groups in total. The third-order valence-corrected chi connectivity index (χ3v) is 2.47. The molecule has 0 aromatic rings. The SMILES string of the molecule is CO[C@@H]1CCN(C(C)C(N)=O)C1. The van der Waals surface area contributed by atoms with Gasteiger partial charge in [-0.25, -0.2) is 0 Å². The molecule has 1 amide bonds. The van der Waals surface area contributed by atoms with Crippen LogP contribution in [0.2, 0.25) is 0 Å². The lowest BCUT2D eigenvalue weighted by Gasteiger charge is -2.20. The average molecular weight is 172 g/mol. The fourth-order valence-electron chi connectivity index (χ4n) is 1.48. The minimum absolute atomic E-state index is 0.162. The molecule has 1 aliphatic heterocycles. The van der Waals surface area contributed by atoms with Crippen molar-refractivity contribution in [2.75, 3.05) is 20.2 Å². The summed E-state index contributed by atoms with van der Waals surface area (Å²) in [6, 6.07) is -0.162. The Labute approximate surface area is 72.7 Å². The lowest BCUT2D eigenvalue weighted by Crippen LogP contribution is -2.41. The fraction of sp³-hybridized carbons (Fsp3) is 0.875. The van der Waals surface area contributed by atoms with E-state index < -0.39 is 0 Å². The summed E-state index contributed by atoms with van der Waals surface area (Å²) in [6.07, 6.45) is 1.26. The Bertz CT molecular complexity index is 172. The second kappa shape index (κ2) is 3.87. The van der Waals surface area contributed by atoms with Gasteiger partial charge in [0.25, 0.3) is 0 Å². The van der Waals surface area contributed by atoms with Crippen molar-refractivity contribution in [1.82, 2.24) is 4.90 Å². The zero-order chi connectivity index (χ0) is 9.14. The van der Waals surface area contributed by atoms with Crippen molar-refractivity contribution in [2.24, 2.45) is 5.73 Å². The maximum atomic E-state index is 10.8. The Morgan fingerprint density at radius 2 is 2.42 bits per heavy atom. The second-order valence-electron chi connectivity index (χ2n) is 3.22. The van der Waals surface area contributed by atoms with Gasteiger partial charge < -0.3 is 10.5 Å². The Morgan fingerprint density at radius 1 is 1.75 bits per heavy atom. The summed E-state index contributed by atoms with van der Waals surface area (Å²) >= 11 is 0. The van der Waals surface area contributed by atoms with Gasteiger partial charge in [-0.15, -0.1) is 0 Å². The molecule has 1 unspecified atom stereocenters. The average Bonchev–Trinajstić information content (AvgIpc) is 2.50. The molecule has 70 valence electrons. The largest absolute Gasteiger partial charge is 0.380 e. The van der Waals surface area contributed by atoms with Crippen LogP contribution in [0.15, 0.2) is 0 Å². The summed E-state index contributed by atoms with van der Waals surface area (Å²) in [7, 11) is 1.70. The van der Waals surface area contributed by atoms with Gasteiger partial charge >= 0.3 is 0 Å². The maximum Gasteiger partial charge on any atom is 0.234 e. The quantitative estimate of drug-likeness (QED) is 0.629. The fourth-order valence-corrected chi connectivity index (χ4v) is 1.48. The van der Waals surface area contributed by atoms with E-state index >= 15 is 0 Å². The molecule has 0 aromatic carbocycles. The van der Waals surface area contributed by atoms with Crippen LogP contribution in [0.25, 0.3) is 0 Å². The smallest absolute Gasteiger partial charge is 0.234 e. The molecule has 0 spiro atoms. The number of ether oxygens (including phenoxy) is 1. The first-order valence-electron chi connectivity index (χ1n) is 4.21. The normalized spacial score (nSPS) is 27.3. The molecule has 1 rings (SSSR count). The number of primary amides is 1. The minimum atomic E-state index is -0.258. The number of amides is 1. The first-order chi connectivity index (χ1) is 5.65. The highest BCUT2D eigenvalue weighted by molar-refractivity contribution is 5.79. The highest BCUT2D eigenvalue weighted by Gasteiger charge is 2.27. The molecule has 4 heteroatoms. The Morgan fingerprint density at radius 3 is 2.83 bits per heavy atom. The third kappa shape index (κ3) is 1.95. The molecular weight excluding hydrogens is 156 g/mol. The van der Waals surface area contributed by atoms with E-state index in [2.05, 4.69) is 4.90 Å². The highest BCUT2D eigenvalue weighted by atomic mass is 16.5. The first-order valence-corrected chi connectivity index (χ1v) is 4.21. The molecule has 1 fully saturated rings. The zero-order valence-corrected chi connectivity index (χ0v) is 7.62. The van der Waals surface area contributed by atoms with E-state index in [0.29, 0.717) is 0 Å². The number of hydrogen-bond acceptors (Lipinski definition) is 3. The molecule has 0 bridgehead atoms. The first kappa shape index (κ1) is 9.48.